The fraction of sp³-hybridized carbons (Fsp3) is 1.00. The van der Waals surface area contributed by atoms with Gasteiger partial charge in [-0.3, -0.25) is 0 Å². The number of hydrogen-bond donors (Lipinski definition) is 4. The molecule has 1 aliphatic rings. The summed E-state index contributed by atoms with van der Waals surface area (Å²) >= 11 is 0. The SMILES string of the molecule is OCC(CO)NCC(O)COC1CCCCC1. The largest absolute Gasteiger partial charge is 0.395 e. The monoisotopic (exact) mass is 247 g/mol. The van der Waals surface area contributed by atoms with E-state index in [0.717, 1.165) is 12.8 Å². The van der Waals surface area contributed by atoms with Crippen LogP contribution in [0.15, 0.2) is 0 Å². The molecule has 0 aromatic carbocycles. The van der Waals surface area contributed by atoms with Crippen LogP contribution in [0.4, 0.5) is 0 Å². The molecule has 1 unspecified atom stereocenters. The second-order valence-corrected chi connectivity index (χ2v) is 4.72. The summed E-state index contributed by atoms with van der Waals surface area (Å²) in [6.07, 6.45) is 5.62. The van der Waals surface area contributed by atoms with E-state index in [0.29, 0.717) is 19.3 Å². The molecule has 0 heterocycles. The van der Waals surface area contributed by atoms with Crippen molar-refractivity contribution in [3.63, 3.8) is 0 Å². The Morgan fingerprint density at radius 3 is 2.35 bits per heavy atom. The average molecular weight is 247 g/mol. The number of ether oxygens (including phenoxy) is 1. The number of hydrogen-bond acceptors (Lipinski definition) is 5. The molecule has 0 saturated heterocycles. The van der Waals surface area contributed by atoms with Gasteiger partial charge in [0.2, 0.25) is 0 Å². The molecule has 0 bridgehead atoms. The fourth-order valence-electron chi connectivity index (χ4n) is 2.03. The highest BCUT2D eigenvalue weighted by Gasteiger charge is 2.16. The van der Waals surface area contributed by atoms with Gasteiger partial charge >= 0.3 is 0 Å². The molecule has 5 nitrogen and oxygen atoms in total. The van der Waals surface area contributed by atoms with Gasteiger partial charge in [-0.05, 0) is 12.8 Å². The molecule has 1 atom stereocenters. The predicted octanol–water partition coefficient (Wildman–Crippen LogP) is -0.361. The zero-order valence-electron chi connectivity index (χ0n) is 10.3. The summed E-state index contributed by atoms with van der Waals surface area (Å²) in [7, 11) is 0. The van der Waals surface area contributed by atoms with Crippen LogP contribution < -0.4 is 5.32 Å². The lowest BCUT2D eigenvalue weighted by Gasteiger charge is -2.24. The first-order chi connectivity index (χ1) is 8.26. The second-order valence-electron chi connectivity index (χ2n) is 4.72. The maximum Gasteiger partial charge on any atom is 0.0897 e. The van der Waals surface area contributed by atoms with E-state index in [1.165, 1.54) is 19.3 Å². The van der Waals surface area contributed by atoms with Crippen LogP contribution in [-0.4, -0.2) is 59.9 Å². The predicted molar refractivity (Wildman–Crippen MR) is 64.8 cm³/mol. The third-order valence-electron chi connectivity index (χ3n) is 3.16. The first kappa shape index (κ1) is 14.9. The Bertz CT molecular complexity index is 181. The standard InChI is InChI=1S/C12H25NO4/c14-7-10(8-15)13-6-11(16)9-17-12-4-2-1-3-5-12/h10-16H,1-9H2. The highest BCUT2D eigenvalue weighted by Crippen LogP contribution is 2.20. The fourth-order valence-corrected chi connectivity index (χ4v) is 2.03. The van der Waals surface area contributed by atoms with Crippen molar-refractivity contribution in [1.82, 2.24) is 5.32 Å². The van der Waals surface area contributed by atoms with Crippen LogP contribution >= 0.6 is 0 Å². The molecule has 0 amide bonds. The first-order valence-corrected chi connectivity index (χ1v) is 6.51. The molecule has 102 valence electrons. The summed E-state index contributed by atoms with van der Waals surface area (Å²) < 4.78 is 5.63. The highest BCUT2D eigenvalue weighted by molar-refractivity contribution is 4.69. The van der Waals surface area contributed by atoms with Gasteiger partial charge in [-0.25, -0.2) is 0 Å². The van der Waals surface area contributed by atoms with Crippen molar-refractivity contribution in [2.75, 3.05) is 26.4 Å². The summed E-state index contributed by atoms with van der Waals surface area (Å²) in [4.78, 5) is 0. The Hall–Kier alpha value is -0.200. The van der Waals surface area contributed by atoms with E-state index in [1.807, 2.05) is 0 Å². The maximum atomic E-state index is 9.67. The molecule has 5 heteroatoms. The third kappa shape index (κ3) is 6.33. The minimum atomic E-state index is -0.586. The molecule has 1 aliphatic carbocycles. The van der Waals surface area contributed by atoms with Gasteiger partial charge in [-0.1, -0.05) is 19.3 Å². The normalized spacial score (nSPS) is 19.8. The number of nitrogens with one attached hydrogen (secondary N) is 1. The zero-order chi connectivity index (χ0) is 12.5. The molecule has 1 saturated carbocycles. The lowest BCUT2D eigenvalue weighted by Crippen LogP contribution is -2.42. The van der Waals surface area contributed by atoms with Crippen molar-refractivity contribution in [2.24, 2.45) is 0 Å². The molecular formula is C12H25NO4. The number of rotatable bonds is 8. The lowest BCUT2D eigenvalue weighted by molar-refractivity contribution is -0.0245. The van der Waals surface area contributed by atoms with Gasteiger partial charge in [0.05, 0.1) is 38.1 Å². The quantitative estimate of drug-likeness (QED) is 0.471. The Labute approximate surface area is 103 Å². The number of aliphatic hydroxyl groups excluding tert-OH is 3. The molecule has 1 fully saturated rings. The molecule has 0 aromatic heterocycles. The Balaban J connectivity index is 2.05. The topological polar surface area (TPSA) is 82.0 Å². The molecule has 17 heavy (non-hydrogen) atoms. The molecule has 0 spiro atoms. The zero-order valence-corrected chi connectivity index (χ0v) is 10.3. The Morgan fingerprint density at radius 2 is 1.76 bits per heavy atom. The van der Waals surface area contributed by atoms with Crippen LogP contribution in [-0.2, 0) is 4.74 Å². The maximum absolute atomic E-state index is 9.67. The van der Waals surface area contributed by atoms with Crippen LogP contribution in [0.1, 0.15) is 32.1 Å². The van der Waals surface area contributed by atoms with Crippen molar-refractivity contribution in [3.8, 4) is 0 Å². The summed E-state index contributed by atoms with van der Waals surface area (Å²) in [5.41, 5.74) is 0. The summed E-state index contributed by atoms with van der Waals surface area (Å²) in [5.74, 6) is 0. The van der Waals surface area contributed by atoms with E-state index in [9.17, 15) is 5.11 Å². The smallest absolute Gasteiger partial charge is 0.0897 e. The summed E-state index contributed by atoms with van der Waals surface area (Å²) in [6.45, 7) is 0.388. The van der Waals surface area contributed by atoms with Gasteiger partial charge in [-0.15, -0.1) is 0 Å². The van der Waals surface area contributed by atoms with Gasteiger partial charge in [0.15, 0.2) is 0 Å². The summed E-state index contributed by atoms with van der Waals surface area (Å²) in [5, 5.41) is 30.2. The minimum Gasteiger partial charge on any atom is -0.395 e. The third-order valence-corrected chi connectivity index (χ3v) is 3.16. The summed E-state index contributed by atoms with van der Waals surface area (Å²) in [6, 6.07) is -0.362. The Morgan fingerprint density at radius 1 is 1.12 bits per heavy atom. The van der Waals surface area contributed by atoms with Crippen LogP contribution in [0.5, 0.6) is 0 Å². The van der Waals surface area contributed by atoms with E-state index in [4.69, 9.17) is 14.9 Å². The van der Waals surface area contributed by atoms with Crippen LogP contribution in [0.2, 0.25) is 0 Å². The van der Waals surface area contributed by atoms with Crippen LogP contribution in [0, 0.1) is 0 Å². The number of aliphatic hydroxyl groups is 3. The Kier molecular flexibility index (Phi) is 7.72. The van der Waals surface area contributed by atoms with Crippen molar-refractivity contribution in [3.05, 3.63) is 0 Å². The molecule has 0 aromatic rings. The van der Waals surface area contributed by atoms with Crippen molar-refractivity contribution < 1.29 is 20.1 Å². The molecular weight excluding hydrogens is 222 g/mol. The van der Waals surface area contributed by atoms with Gasteiger partial charge in [-0.2, -0.15) is 0 Å². The van der Waals surface area contributed by atoms with Crippen molar-refractivity contribution in [1.29, 1.82) is 0 Å². The molecule has 4 N–H and O–H groups in total. The lowest BCUT2D eigenvalue weighted by atomic mass is 9.98. The van der Waals surface area contributed by atoms with E-state index in [1.54, 1.807) is 0 Å². The van der Waals surface area contributed by atoms with E-state index >= 15 is 0 Å². The van der Waals surface area contributed by atoms with Gasteiger partial charge < -0.3 is 25.4 Å². The van der Waals surface area contributed by atoms with Crippen molar-refractivity contribution in [2.45, 2.75) is 50.4 Å². The van der Waals surface area contributed by atoms with Crippen LogP contribution in [0.3, 0.4) is 0 Å². The van der Waals surface area contributed by atoms with E-state index < -0.39 is 6.10 Å². The average Bonchev–Trinajstić information content (AvgIpc) is 2.39. The second kappa shape index (κ2) is 8.83. The van der Waals surface area contributed by atoms with Gasteiger partial charge in [0.25, 0.3) is 0 Å². The molecule has 1 rings (SSSR count). The van der Waals surface area contributed by atoms with Gasteiger partial charge in [0, 0.05) is 6.54 Å². The first-order valence-electron chi connectivity index (χ1n) is 6.51. The van der Waals surface area contributed by atoms with Gasteiger partial charge in [0.1, 0.15) is 0 Å². The van der Waals surface area contributed by atoms with Crippen molar-refractivity contribution >= 4 is 0 Å². The van der Waals surface area contributed by atoms with E-state index in [2.05, 4.69) is 5.32 Å². The minimum absolute atomic E-state index is 0.132. The van der Waals surface area contributed by atoms with Crippen LogP contribution in [0.25, 0.3) is 0 Å². The molecule has 0 radical (unpaired) electrons. The molecule has 0 aliphatic heterocycles. The van der Waals surface area contributed by atoms with E-state index in [-0.39, 0.29) is 19.3 Å². The highest BCUT2D eigenvalue weighted by atomic mass is 16.5.